The fraction of sp³-hybridized carbons (Fsp3) is 0.485. The molecule has 1 spiro atoms. The number of halogens is 2. The zero-order chi connectivity index (χ0) is 32.0. The van der Waals surface area contributed by atoms with Crippen LogP contribution in [0.1, 0.15) is 50.2 Å². The van der Waals surface area contributed by atoms with E-state index in [1.165, 1.54) is 0 Å². The van der Waals surface area contributed by atoms with Gasteiger partial charge in [0.15, 0.2) is 5.82 Å². The monoisotopic (exact) mass is 646 g/mol. The van der Waals surface area contributed by atoms with Crippen molar-refractivity contribution in [2.75, 3.05) is 37.7 Å². The third-order valence-corrected chi connectivity index (χ3v) is 10.9. The molecule has 11 nitrogen and oxygen atoms in total. The number of benzene rings is 2. The molecule has 0 bridgehead atoms. The highest BCUT2D eigenvalue weighted by Gasteiger charge is 2.50. The van der Waals surface area contributed by atoms with E-state index in [4.69, 9.17) is 26.3 Å². The van der Waals surface area contributed by atoms with Gasteiger partial charge in [0.05, 0.1) is 28.8 Å². The van der Waals surface area contributed by atoms with Crippen LogP contribution in [0.2, 0.25) is 5.02 Å². The fourth-order valence-electron chi connectivity index (χ4n) is 8.42. The number of piperidine rings is 1. The van der Waals surface area contributed by atoms with E-state index in [0.29, 0.717) is 48.7 Å². The molecule has 3 atom stereocenters. The van der Waals surface area contributed by atoms with Crippen molar-refractivity contribution in [3.8, 4) is 17.1 Å². The van der Waals surface area contributed by atoms with Crippen LogP contribution < -0.4 is 20.3 Å². The molecular formula is C33H36ClFN8O3. The van der Waals surface area contributed by atoms with Gasteiger partial charge in [-0.2, -0.15) is 15.1 Å². The average molecular weight is 647 g/mol. The number of nitrogens with zero attached hydrogens (tertiary/aromatic N) is 5. The number of imide groups is 1. The number of anilines is 1. The third kappa shape index (κ3) is 4.44. The number of aromatic amines is 1. The molecule has 4 fully saturated rings. The molecule has 13 heteroatoms. The van der Waals surface area contributed by atoms with Gasteiger partial charge in [-0.1, -0.05) is 18.5 Å². The molecule has 8 rings (SSSR count). The number of ether oxygens (including phenoxy) is 1. The van der Waals surface area contributed by atoms with E-state index < -0.39 is 17.4 Å². The largest absolute Gasteiger partial charge is 0.461 e. The second-order valence-electron chi connectivity index (χ2n) is 13.7. The summed E-state index contributed by atoms with van der Waals surface area (Å²) >= 11 is 6.97. The quantitative estimate of drug-likeness (QED) is 0.258. The second kappa shape index (κ2) is 10.5. The number of aromatic nitrogens is 4. The summed E-state index contributed by atoms with van der Waals surface area (Å²) in [6, 6.07) is 3.24. The SMILES string of the molecule is Cc1cc2[nH]ncc2c(-c2c(Cl)cc3c(N4CCC[C@]5(C4)NC(=O)NC5=O)nc(OC[C@@]45CCCN4C[C@H](C)C5)nc3c2F)c1C. The normalized spacial score (nSPS) is 26.4. The highest BCUT2D eigenvalue weighted by molar-refractivity contribution is 6.35. The van der Waals surface area contributed by atoms with Gasteiger partial charge in [0.1, 0.15) is 23.5 Å². The lowest BCUT2D eigenvalue weighted by atomic mass is 9.89. The molecule has 2 aromatic carbocycles. The molecule has 4 saturated heterocycles. The van der Waals surface area contributed by atoms with Crippen molar-refractivity contribution in [3.05, 3.63) is 40.3 Å². The Kier molecular flexibility index (Phi) is 6.70. The lowest BCUT2D eigenvalue weighted by Gasteiger charge is -2.39. The lowest BCUT2D eigenvalue weighted by Crippen LogP contribution is -2.58. The first-order chi connectivity index (χ1) is 22.1. The molecular weight excluding hydrogens is 611 g/mol. The van der Waals surface area contributed by atoms with Gasteiger partial charge in [0.25, 0.3) is 5.91 Å². The Balaban J connectivity index is 1.28. The molecule has 0 radical (unpaired) electrons. The predicted octanol–water partition coefficient (Wildman–Crippen LogP) is 5.01. The van der Waals surface area contributed by atoms with Crippen molar-refractivity contribution in [2.45, 2.75) is 64.0 Å². The molecule has 0 unspecified atom stereocenters. The van der Waals surface area contributed by atoms with Gasteiger partial charge >= 0.3 is 12.0 Å². The number of nitrogens with one attached hydrogen (secondary N) is 3. The second-order valence-corrected chi connectivity index (χ2v) is 14.1. The summed E-state index contributed by atoms with van der Waals surface area (Å²) in [5.41, 5.74) is 2.41. The number of amides is 3. The van der Waals surface area contributed by atoms with Crippen molar-refractivity contribution in [1.29, 1.82) is 0 Å². The van der Waals surface area contributed by atoms with Crippen LogP contribution >= 0.6 is 11.6 Å². The van der Waals surface area contributed by atoms with Crippen LogP contribution in [0.5, 0.6) is 6.01 Å². The zero-order valence-corrected chi connectivity index (χ0v) is 26.9. The molecule has 3 amide bonds. The Bertz CT molecular complexity index is 1950. The summed E-state index contributed by atoms with van der Waals surface area (Å²) in [4.78, 5) is 39.1. The zero-order valence-electron chi connectivity index (χ0n) is 26.1. The van der Waals surface area contributed by atoms with Crippen LogP contribution in [0.25, 0.3) is 32.9 Å². The summed E-state index contributed by atoms with van der Waals surface area (Å²) in [5, 5.41) is 13.8. The minimum Gasteiger partial charge on any atom is -0.461 e. The van der Waals surface area contributed by atoms with Crippen LogP contribution in [0.3, 0.4) is 0 Å². The van der Waals surface area contributed by atoms with Gasteiger partial charge in [-0.3, -0.25) is 20.1 Å². The van der Waals surface area contributed by atoms with Gasteiger partial charge in [0.2, 0.25) is 0 Å². The van der Waals surface area contributed by atoms with E-state index in [-0.39, 0.29) is 40.1 Å². The third-order valence-electron chi connectivity index (χ3n) is 10.6. The van der Waals surface area contributed by atoms with Gasteiger partial charge < -0.3 is 15.0 Å². The summed E-state index contributed by atoms with van der Waals surface area (Å²) in [7, 11) is 0. The number of carbonyl (C=O) groups is 2. The van der Waals surface area contributed by atoms with Crippen molar-refractivity contribution in [1.82, 2.24) is 35.7 Å². The summed E-state index contributed by atoms with van der Waals surface area (Å²) in [6.07, 6.45) is 5.94. The number of aryl methyl sites for hydroxylation is 1. The van der Waals surface area contributed by atoms with Crippen LogP contribution in [0.4, 0.5) is 15.0 Å². The van der Waals surface area contributed by atoms with E-state index in [2.05, 4.69) is 32.7 Å². The molecule has 0 saturated carbocycles. The van der Waals surface area contributed by atoms with E-state index in [9.17, 15) is 9.59 Å². The van der Waals surface area contributed by atoms with E-state index >= 15 is 4.39 Å². The van der Waals surface area contributed by atoms with Gasteiger partial charge in [0, 0.05) is 35.0 Å². The number of urea groups is 1. The van der Waals surface area contributed by atoms with Gasteiger partial charge in [-0.25, -0.2) is 9.18 Å². The molecule has 46 heavy (non-hydrogen) atoms. The Morgan fingerprint density at radius 1 is 1.11 bits per heavy atom. The number of H-pyrrole nitrogens is 1. The van der Waals surface area contributed by atoms with E-state index in [1.54, 1.807) is 12.3 Å². The average Bonchev–Trinajstić information content (AvgIpc) is 3.76. The molecule has 4 aliphatic heterocycles. The maximum atomic E-state index is 17.1. The first kappa shape index (κ1) is 29.4. The molecule has 2 aromatic heterocycles. The Hall–Kier alpha value is -4.03. The van der Waals surface area contributed by atoms with Gasteiger partial charge in [-0.15, -0.1) is 0 Å². The minimum atomic E-state index is -1.11. The van der Waals surface area contributed by atoms with E-state index in [1.807, 2.05) is 24.8 Å². The Morgan fingerprint density at radius 2 is 1.93 bits per heavy atom. The molecule has 3 N–H and O–H groups in total. The Labute approximate surface area is 270 Å². The first-order valence-corrected chi connectivity index (χ1v) is 16.4. The van der Waals surface area contributed by atoms with Crippen molar-refractivity contribution in [2.24, 2.45) is 5.92 Å². The van der Waals surface area contributed by atoms with Crippen LogP contribution in [0, 0.1) is 25.6 Å². The molecule has 4 aliphatic rings. The summed E-state index contributed by atoms with van der Waals surface area (Å²) in [6.45, 7) is 9.36. The van der Waals surface area contributed by atoms with Crippen LogP contribution in [-0.4, -0.2) is 80.9 Å². The minimum absolute atomic E-state index is 0.0735. The van der Waals surface area contributed by atoms with Crippen molar-refractivity contribution >= 4 is 51.2 Å². The number of hydrogen-bond donors (Lipinski definition) is 3. The number of rotatable bonds is 5. The molecule has 4 aromatic rings. The Morgan fingerprint density at radius 3 is 2.74 bits per heavy atom. The summed E-state index contributed by atoms with van der Waals surface area (Å²) in [5.74, 6) is 0.0171. The van der Waals surface area contributed by atoms with Crippen molar-refractivity contribution < 1.29 is 18.7 Å². The maximum Gasteiger partial charge on any atom is 0.322 e. The van der Waals surface area contributed by atoms with Gasteiger partial charge in [-0.05, 0) is 81.7 Å². The predicted molar refractivity (Wildman–Crippen MR) is 173 cm³/mol. The fourth-order valence-corrected chi connectivity index (χ4v) is 8.71. The lowest BCUT2D eigenvalue weighted by molar-refractivity contribution is -0.124. The highest BCUT2D eigenvalue weighted by atomic mass is 35.5. The topological polar surface area (TPSA) is 128 Å². The smallest absolute Gasteiger partial charge is 0.322 e. The van der Waals surface area contributed by atoms with Crippen LogP contribution in [0.15, 0.2) is 18.3 Å². The highest BCUT2D eigenvalue weighted by Crippen LogP contribution is 2.45. The van der Waals surface area contributed by atoms with E-state index in [0.717, 1.165) is 54.4 Å². The molecule has 6 heterocycles. The first-order valence-electron chi connectivity index (χ1n) is 16.0. The standard InChI is InChI=1S/C33H36ClFN8O3/c1-17-12-32(6-4-9-43(32)14-17)16-46-31-37-27-20(28(38-31)42-8-5-7-33(15-42)29(44)39-30(45)40-33)11-22(34)25(26(27)35)24-19(3)18(2)10-23-21(24)13-36-41-23/h10-11,13,17H,4-9,12,14-16H2,1-3H3,(H,36,41)(H2,39,40,44,45)/t17-,32+,33-/m1/s1. The van der Waals surface area contributed by atoms with Crippen LogP contribution in [-0.2, 0) is 4.79 Å². The summed E-state index contributed by atoms with van der Waals surface area (Å²) < 4.78 is 23.5. The van der Waals surface area contributed by atoms with Crippen molar-refractivity contribution in [3.63, 3.8) is 0 Å². The number of fused-ring (bicyclic) bond motifs is 3. The number of hydrogen-bond acceptors (Lipinski definition) is 8. The maximum absolute atomic E-state index is 17.1. The molecule has 0 aliphatic carbocycles. The molecule has 240 valence electrons. The number of carbonyl (C=O) groups excluding carboxylic acids is 2.